The number of carbonyl (C=O) groups is 1. The summed E-state index contributed by atoms with van der Waals surface area (Å²) in [7, 11) is 0. The molecular formula is C15H16IrN2O2. The van der Waals surface area contributed by atoms with Crippen LogP contribution in [-0.4, -0.2) is 20.9 Å². The number of ketones is 1. The van der Waals surface area contributed by atoms with E-state index >= 15 is 0 Å². The fourth-order valence-corrected chi connectivity index (χ4v) is 1.32. The van der Waals surface area contributed by atoms with Crippen molar-refractivity contribution in [2.45, 2.75) is 13.8 Å². The first-order chi connectivity index (χ1) is 9.09. The van der Waals surface area contributed by atoms with Crippen LogP contribution in [0.1, 0.15) is 13.8 Å². The molecule has 0 atom stereocenters. The Hall–Kier alpha value is -1.84. The van der Waals surface area contributed by atoms with Crippen LogP contribution in [0.5, 0.6) is 0 Å². The van der Waals surface area contributed by atoms with Gasteiger partial charge in [-0.3, -0.25) is 14.8 Å². The van der Waals surface area contributed by atoms with E-state index in [1.54, 1.807) is 12.4 Å². The number of pyridine rings is 2. The predicted molar refractivity (Wildman–Crippen MR) is 74.5 cm³/mol. The average Bonchev–Trinajstić information content (AvgIpc) is 2.40. The third-order valence-electron chi connectivity index (χ3n) is 2.00. The van der Waals surface area contributed by atoms with Gasteiger partial charge < -0.3 is 5.11 Å². The molecule has 0 aliphatic rings. The van der Waals surface area contributed by atoms with Gasteiger partial charge >= 0.3 is 0 Å². The summed E-state index contributed by atoms with van der Waals surface area (Å²) in [5.74, 6) is -0.0625. The Bertz CT molecular complexity index is 501. The van der Waals surface area contributed by atoms with E-state index in [2.05, 4.69) is 9.97 Å². The summed E-state index contributed by atoms with van der Waals surface area (Å²) in [6.45, 7) is 2.85. The Morgan fingerprint density at radius 2 is 1.45 bits per heavy atom. The number of hydrogen-bond donors (Lipinski definition) is 1. The van der Waals surface area contributed by atoms with Gasteiger partial charge in [0.1, 0.15) is 0 Å². The second-order valence-electron chi connectivity index (χ2n) is 3.83. The number of carbonyl (C=O) groups excluding carboxylic acids is 1. The van der Waals surface area contributed by atoms with Crippen molar-refractivity contribution in [3.63, 3.8) is 0 Å². The third-order valence-corrected chi connectivity index (χ3v) is 2.00. The number of nitrogens with zero attached hydrogens (tertiary/aromatic N) is 2. The van der Waals surface area contributed by atoms with Crippen LogP contribution in [0.4, 0.5) is 0 Å². The van der Waals surface area contributed by atoms with Crippen LogP contribution in [0.25, 0.3) is 11.4 Å². The van der Waals surface area contributed by atoms with Crippen molar-refractivity contribution in [3.8, 4) is 11.4 Å². The molecule has 0 spiro atoms. The van der Waals surface area contributed by atoms with E-state index in [0.29, 0.717) is 0 Å². The van der Waals surface area contributed by atoms with Gasteiger partial charge in [0.05, 0.1) is 17.1 Å². The van der Waals surface area contributed by atoms with Crippen molar-refractivity contribution >= 4 is 5.78 Å². The van der Waals surface area contributed by atoms with Crippen molar-refractivity contribution in [3.05, 3.63) is 60.6 Å². The van der Waals surface area contributed by atoms with E-state index in [-0.39, 0.29) is 31.6 Å². The fourth-order valence-electron chi connectivity index (χ4n) is 1.32. The minimum Gasteiger partial charge on any atom is -0.512 e. The Balaban J connectivity index is 0.000000396. The van der Waals surface area contributed by atoms with Gasteiger partial charge in [-0.15, -0.1) is 0 Å². The van der Waals surface area contributed by atoms with Gasteiger partial charge in [-0.2, -0.15) is 0 Å². The number of rotatable bonds is 2. The summed E-state index contributed by atoms with van der Waals surface area (Å²) in [5.41, 5.74) is 1.83. The number of aliphatic hydroxyl groups is 1. The topological polar surface area (TPSA) is 63.1 Å². The van der Waals surface area contributed by atoms with Crippen molar-refractivity contribution in [1.82, 2.24) is 9.97 Å². The molecule has 0 saturated carbocycles. The van der Waals surface area contributed by atoms with Crippen LogP contribution in [0.15, 0.2) is 60.6 Å². The Morgan fingerprint density at radius 3 is 1.65 bits per heavy atom. The number of aliphatic hydroxyl groups excluding tert-OH is 1. The second-order valence-corrected chi connectivity index (χ2v) is 3.83. The molecule has 0 amide bonds. The summed E-state index contributed by atoms with van der Waals surface area (Å²) in [6, 6.07) is 11.6. The Morgan fingerprint density at radius 1 is 1.00 bits per heavy atom. The van der Waals surface area contributed by atoms with Crippen LogP contribution in [0, 0.1) is 0 Å². The molecule has 1 N–H and O–H groups in total. The van der Waals surface area contributed by atoms with E-state index < -0.39 is 0 Å². The summed E-state index contributed by atoms with van der Waals surface area (Å²) in [5, 5.41) is 8.36. The van der Waals surface area contributed by atoms with Crippen molar-refractivity contribution in [2.24, 2.45) is 0 Å². The van der Waals surface area contributed by atoms with E-state index in [1.807, 2.05) is 36.4 Å². The summed E-state index contributed by atoms with van der Waals surface area (Å²) in [6.07, 6.45) is 4.70. The predicted octanol–water partition coefficient (Wildman–Crippen LogP) is 3.18. The first kappa shape index (κ1) is 18.2. The third kappa shape index (κ3) is 7.56. The molecule has 0 unspecified atom stereocenters. The van der Waals surface area contributed by atoms with Crippen LogP contribution < -0.4 is 0 Å². The van der Waals surface area contributed by atoms with E-state index in [0.717, 1.165) is 11.4 Å². The van der Waals surface area contributed by atoms with Gasteiger partial charge in [-0.05, 0) is 38.1 Å². The minimum atomic E-state index is -0.125. The van der Waals surface area contributed by atoms with Gasteiger partial charge in [0.15, 0.2) is 5.78 Å². The summed E-state index contributed by atoms with van der Waals surface area (Å²) >= 11 is 0. The van der Waals surface area contributed by atoms with Crippen LogP contribution in [0.2, 0.25) is 0 Å². The monoisotopic (exact) mass is 449 g/mol. The van der Waals surface area contributed by atoms with Crippen LogP contribution >= 0.6 is 0 Å². The molecule has 0 bridgehead atoms. The van der Waals surface area contributed by atoms with Crippen molar-refractivity contribution in [1.29, 1.82) is 0 Å². The zero-order valence-electron chi connectivity index (χ0n) is 11.3. The minimum absolute atomic E-state index is 0. The molecular weight excluding hydrogens is 432 g/mol. The molecule has 2 aromatic rings. The molecule has 0 aromatic carbocycles. The van der Waals surface area contributed by atoms with E-state index in [1.165, 1.54) is 19.9 Å². The first-order valence-corrected chi connectivity index (χ1v) is 5.80. The molecule has 0 aliphatic carbocycles. The second kappa shape index (κ2) is 10.0. The molecule has 20 heavy (non-hydrogen) atoms. The molecule has 0 fully saturated rings. The van der Waals surface area contributed by atoms with Gasteiger partial charge in [0.25, 0.3) is 0 Å². The zero-order chi connectivity index (χ0) is 14.1. The van der Waals surface area contributed by atoms with Crippen LogP contribution in [0.3, 0.4) is 0 Å². The van der Waals surface area contributed by atoms with E-state index in [9.17, 15) is 4.79 Å². The first-order valence-electron chi connectivity index (χ1n) is 5.80. The smallest absolute Gasteiger partial charge is 0.155 e. The zero-order valence-corrected chi connectivity index (χ0v) is 13.7. The molecule has 2 heterocycles. The molecule has 5 heteroatoms. The number of allylic oxidation sites excluding steroid dienone is 2. The quantitative estimate of drug-likeness (QED) is 0.566. The normalized spacial score (nSPS) is 9.80. The molecule has 4 nitrogen and oxygen atoms in total. The summed E-state index contributed by atoms with van der Waals surface area (Å²) in [4.78, 5) is 18.4. The van der Waals surface area contributed by atoms with Crippen molar-refractivity contribution in [2.75, 3.05) is 0 Å². The maximum atomic E-state index is 10.0. The number of hydrogen-bond acceptors (Lipinski definition) is 4. The Kier molecular flexibility index (Phi) is 9.09. The van der Waals surface area contributed by atoms with E-state index in [4.69, 9.17) is 5.11 Å². The molecule has 1 radical (unpaired) electrons. The molecule has 2 rings (SSSR count). The molecule has 0 saturated heterocycles. The molecule has 0 aliphatic heterocycles. The van der Waals surface area contributed by atoms with Gasteiger partial charge in [0, 0.05) is 38.6 Å². The molecule has 107 valence electrons. The fraction of sp³-hybridized carbons (Fsp3) is 0.133. The Labute approximate surface area is 132 Å². The maximum Gasteiger partial charge on any atom is 0.155 e. The van der Waals surface area contributed by atoms with Gasteiger partial charge in [-0.25, -0.2) is 0 Å². The van der Waals surface area contributed by atoms with Crippen LogP contribution in [-0.2, 0) is 24.9 Å². The molecule has 2 aromatic heterocycles. The maximum absolute atomic E-state index is 10.0. The number of aromatic nitrogens is 2. The standard InChI is InChI=1S/C10H8N2.C5H8O2.Ir/c1-3-7-11-9(5-1)10-6-2-4-8-12-10;1-4(6)3-5(2)7;/h1-8H;3,6H,1-2H3;/b;4-3-;. The van der Waals surface area contributed by atoms with Gasteiger partial charge in [0.2, 0.25) is 0 Å². The summed E-state index contributed by atoms with van der Waals surface area (Å²) < 4.78 is 0. The van der Waals surface area contributed by atoms with Gasteiger partial charge in [-0.1, -0.05) is 12.1 Å². The SMILES string of the molecule is CC(=O)/C=C(/C)O.[Ir].c1ccc(-c2ccccn2)nc1. The van der Waals surface area contributed by atoms with Crippen molar-refractivity contribution < 1.29 is 30.0 Å². The average molecular weight is 449 g/mol. The largest absolute Gasteiger partial charge is 0.512 e.